The average molecular weight is 243 g/mol. The van der Waals surface area contributed by atoms with Gasteiger partial charge in [-0.25, -0.2) is 13.6 Å². The maximum Gasteiger partial charge on any atom is 0.466 e. The van der Waals surface area contributed by atoms with Crippen LogP contribution in [0, 0.1) is 0 Å². The van der Waals surface area contributed by atoms with Crippen LogP contribution in [0.15, 0.2) is 12.4 Å². The maximum atomic E-state index is 12.9. The Bertz CT molecular complexity index is 354. The summed E-state index contributed by atoms with van der Waals surface area (Å²) < 4.78 is 106. The van der Waals surface area contributed by atoms with E-state index in [1.165, 1.54) is 0 Å². The third-order valence-corrected chi connectivity index (χ3v) is 1.02. The van der Waals surface area contributed by atoms with Crippen molar-refractivity contribution in [3.05, 3.63) is 12.4 Å². The van der Waals surface area contributed by atoms with Crippen molar-refractivity contribution in [2.75, 3.05) is 0 Å². The Hall–Kier alpha value is -1.28. The number of hydrogen-bond acceptors (Lipinski definition) is 2. The maximum absolute atomic E-state index is 12.9. The summed E-state index contributed by atoms with van der Waals surface area (Å²) >= 11 is 0. The van der Waals surface area contributed by atoms with Crippen LogP contribution in [0.1, 0.15) is 4.11 Å². The molecule has 0 amide bonds. The molecule has 0 saturated heterocycles. The molecule has 0 aliphatic heterocycles. The highest BCUT2D eigenvalue weighted by atomic mass is 19.4. The Kier molecular flexibility index (Phi) is 2.44. The molecule has 0 aromatic rings. The quantitative estimate of drug-likeness (QED) is 0.432. The molecular formula is C6H3F7O2. The fraction of sp³-hybridized carbons (Fsp3) is 0.500. The highest BCUT2D eigenvalue weighted by Gasteiger charge is 2.67. The lowest BCUT2D eigenvalue weighted by Crippen LogP contribution is -2.51. The minimum Gasteiger partial charge on any atom is -0.410 e. The largest absolute Gasteiger partial charge is 0.466 e. The molecule has 0 saturated carbocycles. The molecule has 0 bridgehead atoms. The van der Waals surface area contributed by atoms with Crippen LogP contribution in [0.5, 0.6) is 0 Å². The van der Waals surface area contributed by atoms with Gasteiger partial charge in [-0.3, -0.25) is 0 Å². The Morgan fingerprint density at radius 1 is 1.40 bits per heavy atom. The minimum atomic E-state index is -6.52. The Labute approximate surface area is 82.5 Å². The molecule has 1 atom stereocenters. The van der Waals surface area contributed by atoms with Crippen molar-refractivity contribution >= 4 is 5.97 Å². The van der Waals surface area contributed by atoms with Crippen LogP contribution < -0.4 is 0 Å². The van der Waals surface area contributed by atoms with Crippen molar-refractivity contribution < 1.29 is 44.4 Å². The monoisotopic (exact) mass is 243 g/mol. The van der Waals surface area contributed by atoms with Gasteiger partial charge in [0.1, 0.15) is 1.37 Å². The van der Waals surface area contributed by atoms with Crippen LogP contribution in [0.4, 0.5) is 30.7 Å². The van der Waals surface area contributed by atoms with Crippen molar-refractivity contribution in [1.29, 1.82) is 0 Å². The molecule has 0 radical (unpaired) electrons. The van der Waals surface area contributed by atoms with Crippen LogP contribution in [-0.2, 0) is 9.53 Å². The number of carbonyl (C=O) groups excluding carboxylic acids is 1. The molecule has 1 unspecified atom stereocenters. The Morgan fingerprint density at radius 2 is 1.87 bits per heavy atom. The van der Waals surface area contributed by atoms with Crippen LogP contribution in [0.25, 0.3) is 0 Å². The molecule has 0 aliphatic carbocycles. The molecule has 15 heavy (non-hydrogen) atoms. The van der Waals surface area contributed by atoms with Gasteiger partial charge < -0.3 is 4.74 Å². The molecule has 88 valence electrons. The molecule has 0 heterocycles. The van der Waals surface area contributed by atoms with E-state index in [-0.39, 0.29) is 0 Å². The summed E-state index contributed by atoms with van der Waals surface area (Å²) in [4.78, 5) is 10.4. The van der Waals surface area contributed by atoms with Gasteiger partial charge in [0.2, 0.25) is 5.83 Å². The predicted octanol–water partition coefficient (Wildman–Crippen LogP) is 2.51. The topological polar surface area (TPSA) is 26.3 Å². The van der Waals surface area contributed by atoms with E-state index in [0.717, 1.165) is 0 Å². The lowest BCUT2D eigenvalue weighted by atomic mass is 10.3. The number of ether oxygens (including phenoxy) is 1. The molecule has 0 N–H and O–H groups in total. The molecule has 0 aromatic heterocycles. The Morgan fingerprint density at radius 3 is 2.13 bits per heavy atom. The fourth-order valence-electron chi connectivity index (χ4n) is 0.376. The number of rotatable bonds is 3. The van der Waals surface area contributed by atoms with Gasteiger partial charge >= 0.3 is 24.4 Å². The second kappa shape index (κ2) is 4.07. The van der Waals surface area contributed by atoms with Crippen LogP contribution >= 0.6 is 0 Å². The molecule has 0 aromatic carbocycles. The Balaban J connectivity index is 5.46. The van der Waals surface area contributed by atoms with E-state index < -0.39 is 36.8 Å². The smallest absolute Gasteiger partial charge is 0.410 e. The van der Waals surface area contributed by atoms with Gasteiger partial charge in [0.05, 0.1) is 2.74 Å². The van der Waals surface area contributed by atoms with Crippen molar-refractivity contribution in [3.63, 3.8) is 0 Å². The second-order valence-electron chi connectivity index (χ2n) is 2.06. The zero-order chi connectivity index (χ0) is 14.9. The summed E-state index contributed by atoms with van der Waals surface area (Å²) in [5.41, 5.74) is 0. The van der Waals surface area contributed by atoms with Gasteiger partial charge in [-0.2, -0.15) is 22.0 Å². The molecule has 0 fully saturated rings. The molecule has 0 rings (SSSR count). The van der Waals surface area contributed by atoms with E-state index in [9.17, 15) is 35.5 Å². The van der Waals surface area contributed by atoms with E-state index in [2.05, 4.69) is 4.74 Å². The van der Waals surface area contributed by atoms with Crippen molar-refractivity contribution in [1.82, 2.24) is 0 Å². The van der Waals surface area contributed by atoms with E-state index in [4.69, 9.17) is 4.11 Å². The van der Waals surface area contributed by atoms with Crippen LogP contribution in [0.2, 0.25) is 0 Å². The van der Waals surface area contributed by atoms with E-state index in [1.54, 1.807) is 0 Å². The molecule has 0 spiro atoms. The van der Waals surface area contributed by atoms with Crippen molar-refractivity contribution in [2.45, 2.75) is 18.4 Å². The third kappa shape index (κ3) is 2.83. The second-order valence-corrected chi connectivity index (χ2v) is 2.06. The first-order valence-electron chi connectivity index (χ1n) is 4.44. The summed E-state index contributed by atoms with van der Waals surface area (Å²) in [6.07, 6.45) is -12.5. The zero-order valence-corrected chi connectivity index (χ0v) is 6.46. The zero-order valence-electron chi connectivity index (χ0n) is 9.46. The number of esters is 1. The summed E-state index contributed by atoms with van der Waals surface area (Å²) in [7, 11) is 0. The molecule has 0 aliphatic rings. The number of hydrogen-bond donors (Lipinski definition) is 0. The third-order valence-electron chi connectivity index (χ3n) is 1.02. The van der Waals surface area contributed by atoms with Crippen LogP contribution in [0.3, 0.4) is 0 Å². The highest BCUT2D eigenvalue weighted by Crippen LogP contribution is 2.40. The summed E-state index contributed by atoms with van der Waals surface area (Å²) in [5, 5.41) is 0. The van der Waals surface area contributed by atoms with Crippen molar-refractivity contribution in [2.24, 2.45) is 0 Å². The van der Waals surface area contributed by atoms with Crippen LogP contribution in [-0.4, -0.2) is 24.4 Å². The SMILES string of the molecule is [2H]C([2H])=C(F)C(=O)OC(F)(C([2H])(F)F)C(F)(F)F. The first-order chi connectivity index (χ1) is 7.74. The normalized spacial score (nSPS) is 19.3. The lowest BCUT2D eigenvalue weighted by molar-refractivity contribution is -0.355. The lowest BCUT2D eigenvalue weighted by Gasteiger charge is -2.25. The number of carbonyl (C=O) groups is 1. The molecular weight excluding hydrogens is 237 g/mol. The predicted molar refractivity (Wildman–Crippen MR) is 32.2 cm³/mol. The summed E-state index contributed by atoms with van der Waals surface area (Å²) in [5.74, 6) is -11.7. The average Bonchev–Trinajstić information content (AvgIpc) is 2.12. The van der Waals surface area contributed by atoms with E-state index in [0.29, 0.717) is 0 Å². The van der Waals surface area contributed by atoms with Gasteiger partial charge in [-0.1, -0.05) is 6.53 Å². The van der Waals surface area contributed by atoms with E-state index >= 15 is 0 Å². The van der Waals surface area contributed by atoms with E-state index in [1.807, 2.05) is 0 Å². The number of halogens is 7. The van der Waals surface area contributed by atoms with Gasteiger partial charge in [0.25, 0.3) is 0 Å². The first-order valence-corrected chi connectivity index (χ1v) is 2.94. The molecule has 2 nitrogen and oxygen atoms in total. The van der Waals surface area contributed by atoms with Gasteiger partial charge in [-0.05, 0) is 0 Å². The van der Waals surface area contributed by atoms with Gasteiger partial charge in [0.15, 0.2) is 0 Å². The van der Waals surface area contributed by atoms with Crippen molar-refractivity contribution in [3.8, 4) is 0 Å². The highest BCUT2D eigenvalue weighted by molar-refractivity contribution is 5.85. The molecule has 9 heteroatoms. The standard InChI is InChI=1S/C6H3F7O2/c1-2(7)3(14)15-5(10,4(8)9)6(11,12)13/h4H,1H2/i1D2,4D. The van der Waals surface area contributed by atoms with Gasteiger partial charge in [-0.15, -0.1) is 0 Å². The summed E-state index contributed by atoms with van der Waals surface area (Å²) in [6.45, 7) is -2.00. The van der Waals surface area contributed by atoms with Gasteiger partial charge in [0, 0.05) is 0 Å². The summed E-state index contributed by atoms with van der Waals surface area (Å²) in [6, 6.07) is 0. The first kappa shape index (κ1) is 8.98. The fourth-order valence-corrected chi connectivity index (χ4v) is 0.376. The minimum absolute atomic E-state index is 2.00. The number of alkyl halides is 6.